The molecule has 0 heterocycles. The zero-order valence-electron chi connectivity index (χ0n) is 10.5. The van der Waals surface area contributed by atoms with Crippen LogP contribution in [0.5, 0.6) is 0 Å². The van der Waals surface area contributed by atoms with Crippen molar-refractivity contribution >= 4 is 17.6 Å². The molecule has 0 saturated carbocycles. The molecule has 4 nitrogen and oxygen atoms in total. The van der Waals surface area contributed by atoms with E-state index in [9.17, 15) is 18.4 Å². The Balaban J connectivity index is 2.84. The Morgan fingerprint density at radius 2 is 1.84 bits per heavy atom. The van der Waals surface area contributed by atoms with Crippen LogP contribution in [0.1, 0.15) is 43.0 Å². The molecule has 0 aliphatic carbocycles. The highest BCUT2D eigenvalue weighted by atomic mass is 19.2. The summed E-state index contributed by atoms with van der Waals surface area (Å²) in [6.45, 7) is 1.98. The SMILES string of the molecule is CCCCCC(=O)Nc1cc(F)c(F)cc1C(=O)O. The van der Waals surface area contributed by atoms with E-state index in [1.807, 2.05) is 6.92 Å². The number of amides is 1. The summed E-state index contributed by atoms with van der Waals surface area (Å²) >= 11 is 0. The van der Waals surface area contributed by atoms with Crippen LogP contribution in [-0.4, -0.2) is 17.0 Å². The lowest BCUT2D eigenvalue weighted by Crippen LogP contribution is -2.15. The van der Waals surface area contributed by atoms with E-state index in [1.165, 1.54) is 0 Å². The number of aromatic carboxylic acids is 1. The molecule has 1 aromatic carbocycles. The normalized spacial score (nSPS) is 10.3. The molecular formula is C13H15F2NO3. The molecule has 6 heteroatoms. The van der Waals surface area contributed by atoms with Crippen LogP contribution in [-0.2, 0) is 4.79 Å². The maximum Gasteiger partial charge on any atom is 0.337 e. The molecule has 104 valence electrons. The molecule has 0 fully saturated rings. The number of hydrogen-bond acceptors (Lipinski definition) is 2. The first kappa shape index (κ1) is 15.1. The molecule has 0 spiro atoms. The van der Waals surface area contributed by atoms with Crippen molar-refractivity contribution in [2.45, 2.75) is 32.6 Å². The van der Waals surface area contributed by atoms with E-state index in [2.05, 4.69) is 5.32 Å². The Labute approximate surface area is 109 Å². The van der Waals surface area contributed by atoms with Gasteiger partial charge < -0.3 is 10.4 Å². The summed E-state index contributed by atoms with van der Waals surface area (Å²) in [5.41, 5.74) is -0.698. The highest BCUT2D eigenvalue weighted by Gasteiger charge is 2.16. The van der Waals surface area contributed by atoms with Gasteiger partial charge in [0.05, 0.1) is 11.3 Å². The fourth-order valence-corrected chi connectivity index (χ4v) is 1.58. The Kier molecular flexibility index (Phi) is 5.41. The number of carbonyl (C=O) groups excluding carboxylic acids is 1. The van der Waals surface area contributed by atoms with Crippen LogP contribution in [0.25, 0.3) is 0 Å². The number of carboxylic acids is 1. The van der Waals surface area contributed by atoms with Crippen molar-refractivity contribution in [3.8, 4) is 0 Å². The molecule has 0 atom stereocenters. The van der Waals surface area contributed by atoms with Crippen LogP contribution >= 0.6 is 0 Å². The van der Waals surface area contributed by atoms with Crippen molar-refractivity contribution in [2.75, 3.05) is 5.32 Å². The van der Waals surface area contributed by atoms with Gasteiger partial charge in [0.2, 0.25) is 5.91 Å². The Morgan fingerprint density at radius 1 is 1.21 bits per heavy atom. The lowest BCUT2D eigenvalue weighted by molar-refractivity contribution is -0.116. The van der Waals surface area contributed by atoms with Crippen LogP contribution in [0.4, 0.5) is 14.5 Å². The van der Waals surface area contributed by atoms with E-state index < -0.39 is 29.1 Å². The summed E-state index contributed by atoms with van der Waals surface area (Å²) in [7, 11) is 0. The highest BCUT2D eigenvalue weighted by Crippen LogP contribution is 2.20. The van der Waals surface area contributed by atoms with Gasteiger partial charge in [-0.05, 0) is 12.5 Å². The second-order valence-electron chi connectivity index (χ2n) is 4.12. The lowest BCUT2D eigenvalue weighted by Gasteiger charge is -2.09. The first-order valence-electron chi connectivity index (χ1n) is 5.98. The molecule has 0 bridgehead atoms. The number of anilines is 1. The Bertz CT molecular complexity index is 489. The number of carboxylic acid groups (broad SMARTS) is 1. The number of halogens is 2. The van der Waals surface area contributed by atoms with Crippen LogP contribution in [0.3, 0.4) is 0 Å². The number of unbranched alkanes of at least 4 members (excludes halogenated alkanes) is 2. The van der Waals surface area contributed by atoms with Gasteiger partial charge in [0, 0.05) is 12.5 Å². The zero-order valence-corrected chi connectivity index (χ0v) is 10.5. The molecule has 0 aliphatic rings. The van der Waals surface area contributed by atoms with Crippen LogP contribution in [0.15, 0.2) is 12.1 Å². The topological polar surface area (TPSA) is 66.4 Å². The van der Waals surface area contributed by atoms with Gasteiger partial charge in [-0.2, -0.15) is 0 Å². The monoisotopic (exact) mass is 271 g/mol. The van der Waals surface area contributed by atoms with Gasteiger partial charge in [0.15, 0.2) is 11.6 Å². The van der Waals surface area contributed by atoms with Gasteiger partial charge >= 0.3 is 5.97 Å². The third kappa shape index (κ3) is 4.31. The smallest absolute Gasteiger partial charge is 0.337 e. The Morgan fingerprint density at radius 3 is 2.42 bits per heavy atom. The maximum atomic E-state index is 13.1. The van der Waals surface area contributed by atoms with Gasteiger partial charge in [-0.15, -0.1) is 0 Å². The van der Waals surface area contributed by atoms with Crippen molar-refractivity contribution < 1.29 is 23.5 Å². The van der Waals surface area contributed by atoms with E-state index in [0.717, 1.165) is 12.8 Å². The fraction of sp³-hybridized carbons (Fsp3) is 0.385. The molecule has 1 rings (SSSR count). The predicted octanol–water partition coefficient (Wildman–Crippen LogP) is 3.18. The molecule has 0 aromatic heterocycles. The van der Waals surface area contributed by atoms with Crippen LogP contribution < -0.4 is 5.32 Å². The van der Waals surface area contributed by atoms with Gasteiger partial charge in [0.25, 0.3) is 0 Å². The molecule has 0 unspecified atom stereocenters. The summed E-state index contributed by atoms with van der Waals surface area (Å²) in [5.74, 6) is -4.31. The summed E-state index contributed by atoms with van der Waals surface area (Å²) in [4.78, 5) is 22.4. The van der Waals surface area contributed by atoms with E-state index in [-0.39, 0.29) is 12.1 Å². The van der Waals surface area contributed by atoms with Crippen molar-refractivity contribution in [3.05, 3.63) is 29.3 Å². The second kappa shape index (κ2) is 6.82. The van der Waals surface area contributed by atoms with Crippen LogP contribution in [0.2, 0.25) is 0 Å². The van der Waals surface area contributed by atoms with Crippen molar-refractivity contribution in [2.24, 2.45) is 0 Å². The summed E-state index contributed by atoms with van der Waals surface area (Å²) in [6, 6.07) is 1.23. The van der Waals surface area contributed by atoms with E-state index in [0.29, 0.717) is 18.6 Å². The summed E-state index contributed by atoms with van der Waals surface area (Å²) in [5, 5.41) is 11.2. The third-order valence-corrected chi connectivity index (χ3v) is 2.57. The number of benzene rings is 1. The number of hydrogen-bond donors (Lipinski definition) is 2. The Hall–Kier alpha value is -1.98. The van der Waals surface area contributed by atoms with Gasteiger partial charge in [-0.25, -0.2) is 13.6 Å². The minimum atomic E-state index is -1.43. The minimum Gasteiger partial charge on any atom is -0.478 e. The fourth-order valence-electron chi connectivity index (χ4n) is 1.58. The van der Waals surface area contributed by atoms with E-state index in [4.69, 9.17) is 5.11 Å². The standard InChI is InChI=1S/C13H15F2NO3/c1-2-3-4-5-12(17)16-11-7-10(15)9(14)6-8(11)13(18)19/h6-7H,2-5H2,1H3,(H,16,17)(H,18,19). The highest BCUT2D eigenvalue weighted by molar-refractivity contribution is 6.00. The average molecular weight is 271 g/mol. The average Bonchev–Trinajstić information content (AvgIpc) is 2.33. The number of nitrogens with one attached hydrogen (secondary N) is 1. The zero-order chi connectivity index (χ0) is 14.4. The largest absolute Gasteiger partial charge is 0.478 e. The van der Waals surface area contributed by atoms with Crippen molar-refractivity contribution in [3.63, 3.8) is 0 Å². The van der Waals surface area contributed by atoms with Gasteiger partial charge in [-0.1, -0.05) is 19.8 Å². The number of rotatable bonds is 6. The van der Waals surface area contributed by atoms with E-state index in [1.54, 1.807) is 0 Å². The molecule has 0 saturated heterocycles. The first-order chi connectivity index (χ1) is 8.95. The molecule has 0 radical (unpaired) electrons. The second-order valence-corrected chi connectivity index (χ2v) is 4.12. The first-order valence-corrected chi connectivity index (χ1v) is 5.98. The molecular weight excluding hydrogens is 256 g/mol. The van der Waals surface area contributed by atoms with Crippen molar-refractivity contribution in [1.29, 1.82) is 0 Å². The number of carbonyl (C=O) groups is 2. The van der Waals surface area contributed by atoms with Gasteiger partial charge in [-0.3, -0.25) is 4.79 Å². The molecule has 0 aliphatic heterocycles. The lowest BCUT2D eigenvalue weighted by atomic mass is 10.1. The summed E-state index contributed by atoms with van der Waals surface area (Å²) in [6.07, 6.45) is 2.69. The maximum absolute atomic E-state index is 13.1. The molecule has 1 amide bonds. The molecule has 19 heavy (non-hydrogen) atoms. The van der Waals surface area contributed by atoms with E-state index >= 15 is 0 Å². The summed E-state index contributed by atoms with van der Waals surface area (Å²) < 4.78 is 26.0. The van der Waals surface area contributed by atoms with Gasteiger partial charge in [0.1, 0.15) is 0 Å². The quantitative estimate of drug-likeness (QED) is 0.781. The molecule has 1 aromatic rings. The molecule has 2 N–H and O–H groups in total. The van der Waals surface area contributed by atoms with Crippen LogP contribution in [0, 0.1) is 11.6 Å². The predicted molar refractivity (Wildman–Crippen MR) is 66.1 cm³/mol. The van der Waals surface area contributed by atoms with Crippen molar-refractivity contribution in [1.82, 2.24) is 0 Å². The minimum absolute atomic E-state index is 0.214. The third-order valence-electron chi connectivity index (χ3n) is 2.57.